The lowest BCUT2D eigenvalue weighted by Gasteiger charge is -2.19. The topological polar surface area (TPSA) is 107 Å². The van der Waals surface area contributed by atoms with E-state index in [0.717, 1.165) is 0 Å². The normalized spacial score (nSPS) is 12.7. The van der Waals surface area contributed by atoms with Gasteiger partial charge in [-0.2, -0.15) is 5.10 Å². The van der Waals surface area contributed by atoms with Crippen molar-refractivity contribution in [3.05, 3.63) is 76.6 Å². The van der Waals surface area contributed by atoms with Crippen LogP contribution in [0.3, 0.4) is 0 Å². The molecule has 9 nitrogen and oxygen atoms in total. The van der Waals surface area contributed by atoms with E-state index in [0.29, 0.717) is 47.2 Å². The number of carbonyl (C=O) groups is 1. The molecule has 3 heterocycles. The van der Waals surface area contributed by atoms with Gasteiger partial charge in [0.05, 0.1) is 12.3 Å². The molecule has 0 spiro atoms. The van der Waals surface area contributed by atoms with Crippen molar-refractivity contribution in [2.75, 3.05) is 18.5 Å². The Balaban J connectivity index is 1.43. The lowest BCUT2D eigenvalue weighted by molar-refractivity contribution is -0.116. The number of fused-ring (bicyclic) bond motifs is 2. The molecule has 4 aromatic rings. The first-order valence-corrected chi connectivity index (χ1v) is 10.2. The second-order valence-electron chi connectivity index (χ2n) is 7.42. The summed E-state index contributed by atoms with van der Waals surface area (Å²) in [5, 5.41) is 17.0. The number of aliphatic hydroxyl groups is 1. The Morgan fingerprint density at radius 3 is 2.61 bits per heavy atom. The first-order chi connectivity index (χ1) is 16.0. The summed E-state index contributed by atoms with van der Waals surface area (Å²) in [6.07, 6.45) is 2.97. The maximum absolute atomic E-state index is 13.3. The van der Waals surface area contributed by atoms with Crippen LogP contribution in [-0.2, 0) is 17.9 Å². The number of ether oxygens (including phenoxy) is 2. The number of carbonyl (C=O) groups excluding carboxylic acids is 1. The molecule has 0 radical (unpaired) electrons. The van der Waals surface area contributed by atoms with Crippen molar-refractivity contribution in [1.29, 1.82) is 0 Å². The first-order valence-electron chi connectivity index (χ1n) is 10.2. The van der Waals surface area contributed by atoms with Crippen LogP contribution < -0.4 is 20.3 Å². The Morgan fingerprint density at radius 1 is 1.09 bits per heavy atom. The van der Waals surface area contributed by atoms with Gasteiger partial charge in [0.1, 0.15) is 31.1 Å². The number of anilines is 1. The van der Waals surface area contributed by atoms with Gasteiger partial charge in [-0.15, -0.1) is 0 Å². The molecule has 0 saturated carbocycles. The van der Waals surface area contributed by atoms with E-state index in [9.17, 15) is 19.1 Å². The molecule has 1 amide bonds. The third kappa shape index (κ3) is 3.92. The largest absolute Gasteiger partial charge is 0.486 e. The van der Waals surface area contributed by atoms with Gasteiger partial charge in [0.2, 0.25) is 5.91 Å². The molecule has 0 saturated heterocycles. The molecule has 1 aliphatic rings. The monoisotopic (exact) mass is 450 g/mol. The number of aliphatic hydroxyl groups excluding tert-OH is 1. The van der Waals surface area contributed by atoms with E-state index in [4.69, 9.17) is 9.47 Å². The minimum Gasteiger partial charge on any atom is -0.486 e. The highest BCUT2D eigenvalue weighted by Gasteiger charge is 2.19. The van der Waals surface area contributed by atoms with Crippen LogP contribution in [-0.4, -0.2) is 38.4 Å². The summed E-state index contributed by atoms with van der Waals surface area (Å²) in [4.78, 5) is 25.7. The van der Waals surface area contributed by atoms with Crippen molar-refractivity contribution in [1.82, 2.24) is 14.2 Å². The highest BCUT2D eigenvalue weighted by atomic mass is 19.1. The summed E-state index contributed by atoms with van der Waals surface area (Å²) in [5.41, 5.74) is 1.40. The maximum atomic E-state index is 13.3. The van der Waals surface area contributed by atoms with Crippen LogP contribution in [0.2, 0.25) is 0 Å². The quantitative estimate of drug-likeness (QED) is 0.483. The molecule has 10 heteroatoms. The molecule has 0 unspecified atom stereocenters. The van der Waals surface area contributed by atoms with Gasteiger partial charge in [-0.1, -0.05) is 0 Å². The van der Waals surface area contributed by atoms with E-state index >= 15 is 0 Å². The Bertz CT molecular complexity index is 1410. The molecule has 0 aliphatic carbocycles. The van der Waals surface area contributed by atoms with E-state index in [1.54, 1.807) is 18.2 Å². The number of benzene rings is 2. The zero-order chi connectivity index (χ0) is 22.9. The SMILES string of the molecule is O=C(Cn1ccn2nc(-c3ccc(F)cc3)c(CO)c2c1=O)Nc1ccc2c(c1)OCCO2. The van der Waals surface area contributed by atoms with Gasteiger partial charge < -0.3 is 24.5 Å². The molecule has 168 valence electrons. The van der Waals surface area contributed by atoms with E-state index in [1.807, 2.05) is 0 Å². The molecule has 2 N–H and O–H groups in total. The number of aromatic nitrogens is 3. The number of hydrogen-bond acceptors (Lipinski definition) is 6. The summed E-state index contributed by atoms with van der Waals surface area (Å²) < 4.78 is 26.9. The summed E-state index contributed by atoms with van der Waals surface area (Å²) in [6, 6.07) is 10.7. The molecule has 0 fully saturated rings. The van der Waals surface area contributed by atoms with E-state index in [1.165, 1.54) is 45.7 Å². The number of nitrogens with one attached hydrogen (secondary N) is 1. The highest BCUT2D eigenvalue weighted by Crippen LogP contribution is 2.32. The zero-order valence-corrected chi connectivity index (χ0v) is 17.3. The Labute approximate surface area is 186 Å². The predicted molar refractivity (Wildman–Crippen MR) is 117 cm³/mol. The average molecular weight is 450 g/mol. The van der Waals surface area contributed by atoms with Gasteiger partial charge >= 0.3 is 0 Å². The number of amides is 1. The van der Waals surface area contributed by atoms with Crippen LogP contribution in [0.25, 0.3) is 16.8 Å². The van der Waals surface area contributed by atoms with Gasteiger partial charge in [0.15, 0.2) is 11.5 Å². The molecule has 0 atom stereocenters. The number of hydrogen-bond donors (Lipinski definition) is 2. The third-order valence-corrected chi connectivity index (χ3v) is 5.28. The highest BCUT2D eigenvalue weighted by molar-refractivity contribution is 5.91. The van der Waals surface area contributed by atoms with Gasteiger partial charge in [-0.25, -0.2) is 8.91 Å². The second kappa shape index (κ2) is 8.40. The fourth-order valence-electron chi connectivity index (χ4n) is 3.74. The van der Waals surface area contributed by atoms with Crippen LogP contribution in [0.1, 0.15) is 5.56 Å². The van der Waals surface area contributed by atoms with E-state index in [2.05, 4.69) is 10.4 Å². The first kappa shape index (κ1) is 20.7. The minimum atomic E-state index is -0.486. The van der Waals surface area contributed by atoms with Gasteiger partial charge in [-0.05, 0) is 36.4 Å². The Kier molecular flexibility index (Phi) is 5.27. The maximum Gasteiger partial charge on any atom is 0.277 e. The van der Waals surface area contributed by atoms with Crippen molar-refractivity contribution in [2.24, 2.45) is 0 Å². The van der Waals surface area contributed by atoms with E-state index in [-0.39, 0.29) is 12.1 Å². The molecule has 5 rings (SSSR count). The predicted octanol–water partition coefficient (Wildman–Crippen LogP) is 2.20. The summed E-state index contributed by atoms with van der Waals surface area (Å²) in [6.45, 7) is 0.209. The number of nitrogens with zero attached hydrogens (tertiary/aromatic N) is 3. The summed E-state index contributed by atoms with van der Waals surface area (Å²) in [5.74, 6) is 0.328. The molecular formula is C23H19FN4O5. The number of halogens is 1. The van der Waals surface area contributed by atoms with Crippen molar-refractivity contribution < 1.29 is 23.8 Å². The van der Waals surface area contributed by atoms with Crippen LogP contribution >= 0.6 is 0 Å². The van der Waals surface area contributed by atoms with Crippen molar-refractivity contribution in [3.63, 3.8) is 0 Å². The van der Waals surface area contributed by atoms with Gasteiger partial charge in [0, 0.05) is 35.3 Å². The molecule has 1 aliphatic heterocycles. The van der Waals surface area contributed by atoms with Crippen LogP contribution in [0, 0.1) is 5.82 Å². The smallest absolute Gasteiger partial charge is 0.277 e. The fraction of sp³-hybridized carbons (Fsp3) is 0.174. The summed E-state index contributed by atoms with van der Waals surface area (Å²) in [7, 11) is 0. The zero-order valence-electron chi connectivity index (χ0n) is 17.3. The molecular weight excluding hydrogens is 431 g/mol. The van der Waals surface area contributed by atoms with Crippen LogP contribution in [0.5, 0.6) is 11.5 Å². The molecule has 2 aromatic carbocycles. The molecule has 33 heavy (non-hydrogen) atoms. The Morgan fingerprint density at radius 2 is 1.85 bits per heavy atom. The second-order valence-corrected chi connectivity index (χ2v) is 7.42. The van der Waals surface area contributed by atoms with Crippen molar-refractivity contribution >= 4 is 17.1 Å². The van der Waals surface area contributed by atoms with Crippen molar-refractivity contribution in [3.8, 4) is 22.8 Å². The molecule has 0 bridgehead atoms. The van der Waals surface area contributed by atoms with Crippen molar-refractivity contribution in [2.45, 2.75) is 13.2 Å². The average Bonchev–Trinajstić information content (AvgIpc) is 3.20. The van der Waals surface area contributed by atoms with Crippen LogP contribution in [0.4, 0.5) is 10.1 Å². The fourth-order valence-corrected chi connectivity index (χ4v) is 3.74. The minimum absolute atomic E-state index is 0.145. The third-order valence-electron chi connectivity index (χ3n) is 5.28. The Hall–Kier alpha value is -4.18. The van der Waals surface area contributed by atoms with E-state index < -0.39 is 23.9 Å². The van der Waals surface area contributed by atoms with Gasteiger partial charge in [0.25, 0.3) is 5.56 Å². The number of rotatable bonds is 5. The molecule has 2 aromatic heterocycles. The standard InChI is InChI=1S/C23H19FN4O5/c24-15-3-1-14(2-4-15)21-17(13-29)22-23(31)27(7-8-28(22)26-21)12-20(30)25-16-5-6-18-19(11-16)33-10-9-32-18/h1-8,11,29H,9-10,12-13H2,(H,25,30). The van der Waals surface area contributed by atoms with Crippen LogP contribution in [0.15, 0.2) is 59.7 Å². The lowest BCUT2D eigenvalue weighted by atomic mass is 10.1. The van der Waals surface area contributed by atoms with Gasteiger partial charge in [-0.3, -0.25) is 9.59 Å². The lowest BCUT2D eigenvalue weighted by Crippen LogP contribution is -2.28. The summed E-state index contributed by atoms with van der Waals surface area (Å²) >= 11 is 0.